The molecule has 7 heteroatoms. The molecule has 3 aromatic rings. The first-order valence-electron chi connectivity index (χ1n) is 8.31. The Bertz CT molecular complexity index is 1050. The maximum atomic E-state index is 13.5. The van der Waals surface area contributed by atoms with Gasteiger partial charge in [-0.15, -0.1) is 0 Å². The number of rotatable bonds is 4. The number of fused-ring (bicyclic) bond motifs is 1. The fourth-order valence-electron chi connectivity index (χ4n) is 2.44. The highest BCUT2D eigenvalue weighted by atomic mass is 19.1. The molecule has 0 aliphatic carbocycles. The number of carbonyl (C=O) groups is 2. The van der Waals surface area contributed by atoms with Crippen LogP contribution in [0.3, 0.4) is 0 Å². The van der Waals surface area contributed by atoms with Crippen LogP contribution in [0.1, 0.15) is 27.3 Å². The number of benzene rings is 2. The number of anilines is 1. The summed E-state index contributed by atoms with van der Waals surface area (Å²) in [6, 6.07) is 9.16. The zero-order chi connectivity index (χ0) is 19.6. The van der Waals surface area contributed by atoms with Gasteiger partial charge in [0.2, 0.25) is 0 Å². The summed E-state index contributed by atoms with van der Waals surface area (Å²) in [6.07, 6.45) is 0. The molecule has 0 unspecified atom stereocenters. The van der Waals surface area contributed by atoms with Gasteiger partial charge in [-0.1, -0.05) is 6.07 Å². The number of hydrogen-bond donors (Lipinski definition) is 1. The van der Waals surface area contributed by atoms with Gasteiger partial charge in [0.1, 0.15) is 5.82 Å². The molecular weight excluding hydrogens is 349 g/mol. The van der Waals surface area contributed by atoms with Gasteiger partial charge in [0.15, 0.2) is 6.61 Å². The number of halogens is 1. The topological polar surface area (TPSA) is 81.2 Å². The molecule has 0 fully saturated rings. The maximum absolute atomic E-state index is 13.5. The molecule has 0 aliphatic rings. The fourth-order valence-corrected chi connectivity index (χ4v) is 2.44. The van der Waals surface area contributed by atoms with Crippen molar-refractivity contribution in [3.05, 3.63) is 64.7 Å². The second kappa shape index (κ2) is 7.49. The number of carbonyl (C=O) groups excluding carboxylic acids is 2. The number of ether oxygens (including phenoxy) is 1. The summed E-state index contributed by atoms with van der Waals surface area (Å²) in [5.41, 5.74) is 3.89. The summed E-state index contributed by atoms with van der Waals surface area (Å²) in [5.74, 6) is -1.63. The maximum Gasteiger partial charge on any atom is 0.338 e. The Kier molecular flexibility index (Phi) is 5.12. The van der Waals surface area contributed by atoms with Gasteiger partial charge < -0.3 is 10.1 Å². The average molecular weight is 367 g/mol. The van der Waals surface area contributed by atoms with Crippen LogP contribution in [0.2, 0.25) is 0 Å². The highest BCUT2D eigenvalue weighted by molar-refractivity contribution is 5.97. The van der Waals surface area contributed by atoms with Crippen molar-refractivity contribution in [3.8, 4) is 0 Å². The van der Waals surface area contributed by atoms with Gasteiger partial charge in [0, 0.05) is 5.69 Å². The largest absolute Gasteiger partial charge is 0.452 e. The fraction of sp³-hybridized carbons (Fsp3) is 0.200. The van der Waals surface area contributed by atoms with Gasteiger partial charge in [-0.3, -0.25) is 4.79 Å². The summed E-state index contributed by atoms with van der Waals surface area (Å²) in [4.78, 5) is 32.9. The molecule has 0 radical (unpaired) electrons. The molecular formula is C20H18FN3O3. The van der Waals surface area contributed by atoms with E-state index in [1.807, 2.05) is 13.8 Å². The summed E-state index contributed by atoms with van der Waals surface area (Å²) < 4.78 is 18.5. The molecule has 2 aromatic carbocycles. The van der Waals surface area contributed by atoms with Crippen LogP contribution in [0.15, 0.2) is 36.4 Å². The van der Waals surface area contributed by atoms with Gasteiger partial charge in [0.25, 0.3) is 5.91 Å². The van der Waals surface area contributed by atoms with Crippen molar-refractivity contribution >= 4 is 28.6 Å². The lowest BCUT2D eigenvalue weighted by Gasteiger charge is -2.08. The van der Waals surface area contributed by atoms with E-state index in [1.54, 1.807) is 37.3 Å². The van der Waals surface area contributed by atoms with Crippen molar-refractivity contribution in [1.29, 1.82) is 0 Å². The lowest BCUT2D eigenvalue weighted by Crippen LogP contribution is -2.21. The number of aromatic nitrogens is 2. The van der Waals surface area contributed by atoms with Crippen LogP contribution in [0.5, 0.6) is 0 Å². The monoisotopic (exact) mass is 367 g/mol. The third kappa shape index (κ3) is 4.25. The van der Waals surface area contributed by atoms with Crippen molar-refractivity contribution in [2.75, 3.05) is 11.9 Å². The molecule has 3 rings (SSSR count). The molecule has 0 saturated heterocycles. The van der Waals surface area contributed by atoms with E-state index in [2.05, 4.69) is 15.3 Å². The van der Waals surface area contributed by atoms with E-state index in [-0.39, 0.29) is 5.56 Å². The Balaban J connectivity index is 1.64. The second-order valence-electron chi connectivity index (χ2n) is 6.19. The average Bonchev–Trinajstić information content (AvgIpc) is 2.63. The molecule has 0 aliphatic heterocycles. The molecule has 1 heterocycles. The van der Waals surface area contributed by atoms with Crippen LogP contribution in [0.4, 0.5) is 10.1 Å². The van der Waals surface area contributed by atoms with E-state index >= 15 is 0 Å². The van der Waals surface area contributed by atoms with Crippen LogP contribution in [0.25, 0.3) is 11.0 Å². The number of aryl methyl sites for hydroxylation is 3. The first kappa shape index (κ1) is 18.4. The molecule has 1 amide bonds. The Labute approximate surface area is 155 Å². The standard InChI is InChI=1S/C20H18FN3O3/c1-11-4-6-15(9-16(11)21)24-19(25)10-27-20(26)14-5-7-17-18(8-14)23-13(3)12(2)22-17/h4-9H,10H2,1-3H3,(H,24,25). The van der Waals surface area contributed by atoms with E-state index in [9.17, 15) is 14.0 Å². The van der Waals surface area contributed by atoms with Crippen LogP contribution >= 0.6 is 0 Å². The minimum Gasteiger partial charge on any atom is -0.452 e. The highest BCUT2D eigenvalue weighted by Crippen LogP contribution is 2.16. The van der Waals surface area contributed by atoms with Gasteiger partial charge >= 0.3 is 5.97 Å². The number of amides is 1. The van der Waals surface area contributed by atoms with E-state index in [1.165, 1.54) is 6.07 Å². The second-order valence-corrected chi connectivity index (χ2v) is 6.19. The van der Waals surface area contributed by atoms with Crippen molar-refractivity contribution < 1.29 is 18.7 Å². The van der Waals surface area contributed by atoms with Gasteiger partial charge in [-0.05, 0) is 56.7 Å². The summed E-state index contributed by atoms with van der Waals surface area (Å²) in [5, 5.41) is 2.48. The molecule has 1 N–H and O–H groups in total. The van der Waals surface area contributed by atoms with Crippen molar-refractivity contribution in [1.82, 2.24) is 9.97 Å². The molecule has 0 bridgehead atoms. The Hall–Kier alpha value is -3.35. The lowest BCUT2D eigenvalue weighted by molar-refractivity contribution is -0.119. The first-order chi connectivity index (χ1) is 12.8. The van der Waals surface area contributed by atoms with E-state index < -0.39 is 24.3 Å². The van der Waals surface area contributed by atoms with Crippen LogP contribution in [0, 0.1) is 26.6 Å². The minimum atomic E-state index is -0.651. The Morgan fingerprint density at radius 2 is 1.70 bits per heavy atom. The minimum absolute atomic E-state index is 0.272. The molecule has 27 heavy (non-hydrogen) atoms. The summed E-state index contributed by atoms with van der Waals surface area (Å²) in [6.45, 7) is 4.85. The molecule has 138 valence electrons. The third-order valence-corrected chi connectivity index (χ3v) is 4.10. The van der Waals surface area contributed by atoms with Crippen LogP contribution < -0.4 is 5.32 Å². The summed E-state index contributed by atoms with van der Waals surface area (Å²) >= 11 is 0. The third-order valence-electron chi connectivity index (χ3n) is 4.10. The van der Waals surface area contributed by atoms with Crippen LogP contribution in [-0.4, -0.2) is 28.5 Å². The quantitative estimate of drug-likeness (QED) is 0.714. The molecule has 0 saturated carbocycles. The van der Waals surface area contributed by atoms with E-state index in [0.29, 0.717) is 22.3 Å². The highest BCUT2D eigenvalue weighted by Gasteiger charge is 2.13. The number of hydrogen-bond acceptors (Lipinski definition) is 5. The SMILES string of the molecule is Cc1ccc(NC(=O)COC(=O)c2ccc3nc(C)c(C)nc3c2)cc1F. The van der Waals surface area contributed by atoms with Crippen molar-refractivity contribution in [2.24, 2.45) is 0 Å². The number of nitrogens with one attached hydrogen (secondary N) is 1. The predicted molar refractivity (Wildman–Crippen MR) is 99.1 cm³/mol. The molecule has 6 nitrogen and oxygen atoms in total. The number of esters is 1. The Morgan fingerprint density at radius 3 is 2.41 bits per heavy atom. The van der Waals surface area contributed by atoms with Crippen molar-refractivity contribution in [3.63, 3.8) is 0 Å². The first-order valence-corrected chi connectivity index (χ1v) is 8.31. The molecule has 0 spiro atoms. The van der Waals surface area contributed by atoms with Crippen LogP contribution in [-0.2, 0) is 9.53 Å². The zero-order valence-corrected chi connectivity index (χ0v) is 15.2. The normalized spacial score (nSPS) is 10.7. The van der Waals surface area contributed by atoms with E-state index in [0.717, 1.165) is 11.4 Å². The van der Waals surface area contributed by atoms with Gasteiger partial charge in [-0.25, -0.2) is 19.2 Å². The van der Waals surface area contributed by atoms with Gasteiger partial charge in [-0.2, -0.15) is 0 Å². The van der Waals surface area contributed by atoms with Gasteiger partial charge in [0.05, 0.1) is 28.0 Å². The molecule has 0 atom stereocenters. The smallest absolute Gasteiger partial charge is 0.338 e. The van der Waals surface area contributed by atoms with E-state index in [4.69, 9.17) is 4.74 Å². The van der Waals surface area contributed by atoms with Crippen molar-refractivity contribution in [2.45, 2.75) is 20.8 Å². The predicted octanol–water partition coefficient (Wildman–Crippen LogP) is 3.49. The lowest BCUT2D eigenvalue weighted by atomic mass is 10.2. The molecule has 1 aromatic heterocycles. The number of nitrogens with zero attached hydrogens (tertiary/aromatic N) is 2. The zero-order valence-electron chi connectivity index (χ0n) is 15.2. The summed E-state index contributed by atoms with van der Waals surface area (Å²) in [7, 11) is 0. The Morgan fingerprint density at radius 1 is 1.00 bits per heavy atom.